The van der Waals surface area contributed by atoms with Gasteiger partial charge in [-0.25, -0.2) is 0 Å². The highest BCUT2D eigenvalue weighted by Crippen LogP contribution is 2.55. The summed E-state index contributed by atoms with van der Waals surface area (Å²) < 4.78 is 0. The van der Waals surface area contributed by atoms with E-state index in [1.807, 2.05) is 6.07 Å². The van der Waals surface area contributed by atoms with E-state index < -0.39 is 5.92 Å². The Morgan fingerprint density at radius 1 is 0.794 bits per heavy atom. The number of rotatable bonds is 2. The van der Waals surface area contributed by atoms with Crippen molar-refractivity contribution in [3.8, 4) is 5.75 Å². The molecule has 0 aromatic heterocycles. The number of hydrogen-bond donors (Lipinski definition) is 1. The third-order valence-electron chi connectivity index (χ3n) is 7.41. The van der Waals surface area contributed by atoms with E-state index in [0.29, 0.717) is 12.8 Å². The first kappa shape index (κ1) is 22.6. The van der Waals surface area contributed by atoms with Crippen LogP contribution in [0.25, 0.3) is 0 Å². The summed E-state index contributed by atoms with van der Waals surface area (Å²) in [6.07, 6.45) is 2.40. The molecule has 0 bridgehead atoms. The number of aryl methyl sites for hydroxylation is 1. The number of phenolic OH excluding ortho intramolecular Hbond substituents is 1. The lowest BCUT2D eigenvalue weighted by Crippen LogP contribution is -2.44. The van der Waals surface area contributed by atoms with Crippen molar-refractivity contribution in [2.24, 2.45) is 10.8 Å². The molecule has 4 heteroatoms. The third kappa shape index (κ3) is 3.79. The van der Waals surface area contributed by atoms with E-state index in [1.54, 1.807) is 18.2 Å². The van der Waals surface area contributed by atoms with E-state index in [-0.39, 0.29) is 28.1 Å². The fraction of sp³-hybridized carbons (Fsp3) is 0.400. The lowest BCUT2D eigenvalue weighted by Gasteiger charge is -2.49. The van der Waals surface area contributed by atoms with Gasteiger partial charge in [-0.3, -0.25) is 9.59 Å². The van der Waals surface area contributed by atoms with Crippen LogP contribution in [-0.2, 0) is 9.59 Å². The number of hydrogen-bond acceptors (Lipinski definition) is 4. The molecule has 0 saturated carbocycles. The molecule has 0 fully saturated rings. The molecule has 2 aliphatic carbocycles. The highest BCUT2D eigenvalue weighted by atomic mass is 16.3. The zero-order chi connectivity index (χ0) is 24.4. The van der Waals surface area contributed by atoms with Gasteiger partial charge in [0, 0.05) is 47.0 Å². The molecule has 5 rings (SSSR count). The van der Waals surface area contributed by atoms with Crippen molar-refractivity contribution in [2.75, 3.05) is 4.90 Å². The Balaban J connectivity index is 1.83. The number of phenols is 1. The van der Waals surface area contributed by atoms with Crippen LogP contribution in [0.3, 0.4) is 0 Å². The van der Waals surface area contributed by atoms with Crippen LogP contribution in [0.4, 0.5) is 5.69 Å². The van der Waals surface area contributed by atoms with Crippen LogP contribution >= 0.6 is 0 Å². The van der Waals surface area contributed by atoms with Crippen molar-refractivity contribution in [1.82, 2.24) is 0 Å². The molecular formula is C30H33NO3. The van der Waals surface area contributed by atoms with Crippen LogP contribution < -0.4 is 4.90 Å². The molecule has 4 nitrogen and oxygen atoms in total. The summed E-state index contributed by atoms with van der Waals surface area (Å²) in [5.74, 6) is -0.0947. The van der Waals surface area contributed by atoms with Gasteiger partial charge >= 0.3 is 0 Å². The lowest BCUT2D eigenvalue weighted by atomic mass is 9.63. The molecule has 0 amide bonds. The molecule has 0 saturated heterocycles. The van der Waals surface area contributed by atoms with Gasteiger partial charge in [0.05, 0.1) is 0 Å². The molecule has 1 aliphatic heterocycles. The zero-order valence-corrected chi connectivity index (χ0v) is 20.7. The van der Waals surface area contributed by atoms with Gasteiger partial charge in [-0.05, 0) is 60.4 Å². The van der Waals surface area contributed by atoms with Gasteiger partial charge in [0.25, 0.3) is 0 Å². The van der Waals surface area contributed by atoms with Gasteiger partial charge < -0.3 is 10.0 Å². The number of carbonyl (C=O) groups is 2. The quantitative estimate of drug-likeness (QED) is 0.555. The zero-order valence-electron chi connectivity index (χ0n) is 20.7. The maximum Gasteiger partial charge on any atom is 0.162 e. The van der Waals surface area contributed by atoms with Gasteiger partial charge in [-0.15, -0.1) is 0 Å². The molecular weight excluding hydrogens is 422 g/mol. The molecule has 176 valence electrons. The molecule has 1 heterocycles. The first-order valence-electron chi connectivity index (χ1n) is 12.1. The first-order valence-corrected chi connectivity index (χ1v) is 12.1. The Hall–Kier alpha value is -3.14. The second kappa shape index (κ2) is 7.69. The number of nitrogens with zero attached hydrogens (tertiary/aromatic N) is 1. The molecule has 0 radical (unpaired) electrons. The molecule has 1 N–H and O–H groups in total. The van der Waals surface area contributed by atoms with Crippen molar-refractivity contribution in [3.05, 3.63) is 82.2 Å². The van der Waals surface area contributed by atoms with Crippen molar-refractivity contribution in [1.29, 1.82) is 0 Å². The Bertz CT molecular complexity index is 1210. The van der Waals surface area contributed by atoms with Crippen molar-refractivity contribution < 1.29 is 14.7 Å². The van der Waals surface area contributed by atoms with E-state index >= 15 is 0 Å². The maximum absolute atomic E-state index is 13.8. The molecule has 2 aromatic rings. The highest BCUT2D eigenvalue weighted by molar-refractivity contribution is 6.08. The fourth-order valence-electron chi connectivity index (χ4n) is 6.01. The first-order chi connectivity index (χ1) is 16.0. The molecule has 0 atom stereocenters. The smallest absolute Gasteiger partial charge is 0.162 e. The molecule has 2 aromatic carbocycles. The van der Waals surface area contributed by atoms with Crippen molar-refractivity contribution >= 4 is 17.3 Å². The number of carbonyl (C=O) groups excluding carboxylic acids is 2. The molecule has 3 aliphatic rings. The molecule has 34 heavy (non-hydrogen) atoms. The summed E-state index contributed by atoms with van der Waals surface area (Å²) in [5.41, 5.74) is 6.07. The van der Waals surface area contributed by atoms with Crippen LogP contribution in [0.15, 0.2) is 71.1 Å². The van der Waals surface area contributed by atoms with E-state index in [9.17, 15) is 14.7 Å². The van der Waals surface area contributed by atoms with E-state index in [0.717, 1.165) is 46.6 Å². The Morgan fingerprint density at radius 3 is 1.82 bits per heavy atom. The average Bonchev–Trinajstić information content (AvgIpc) is 2.71. The largest absolute Gasteiger partial charge is 0.508 e. The number of anilines is 1. The average molecular weight is 456 g/mol. The van der Waals surface area contributed by atoms with Crippen LogP contribution in [0.5, 0.6) is 5.75 Å². The number of ketones is 2. The molecule has 0 spiro atoms. The predicted octanol–water partition coefficient (Wildman–Crippen LogP) is 6.59. The second-order valence-corrected chi connectivity index (χ2v) is 11.8. The SMILES string of the molecule is Cc1ccc(N2C3=C(C(=O)CC(C)(C)C3)C(c3cccc(O)c3)C3=C2CC(C)(C)CC3=O)cc1. The van der Waals surface area contributed by atoms with Gasteiger partial charge in [-0.2, -0.15) is 0 Å². The summed E-state index contributed by atoms with van der Waals surface area (Å²) in [6.45, 7) is 10.6. The highest BCUT2D eigenvalue weighted by Gasteiger charge is 2.49. The summed E-state index contributed by atoms with van der Waals surface area (Å²) in [7, 11) is 0. The number of benzene rings is 2. The fourth-order valence-corrected chi connectivity index (χ4v) is 6.01. The van der Waals surface area contributed by atoms with E-state index in [4.69, 9.17) is 0 Å². The van der Waals surface area contributed by atoms with Crippen LogP contribution in [-0.4, -0.2) is 16.7 Å². The Morgan fingerprint density at radius 2 is 1.32 bits per heavy atom. The van der Waals surface area contributed by atoms with Crippen LogP contribution in [0.1, 0.15) is 70.4 Å². The summed E-state index contributed by atoms with van der Waals surface area (Å²) in [5, 5.41) is 10.3. The van der Waals surface area contributed by atoms with Gasteiger partial charge in [-0.1, -0.05) is 57.5 Å². The maximum atomic E-state index is 13.8. The minimum atomic E-state index is -0.439. The van der Waals surface area contributed by atoms with E-state index in [2.05, 4.69) is 63.8 Å². The van der Waals surface area contributed by atoms with Gasteiger partial charge in [0.15, 0.2) is 11.6 Å². The topological polar surface area (TPSA) is 57.6 Å². The van der Waals surface area contributed by atoms with E-state index in [1.165, 1.54) is 5.56 Å². The Labute approximate surface area is 202 Å². The standard InChI is InChI=1S/C30H33NO3/c1-18-9-11-20(12-10-18)31-22-14-29(2,3)16-24(33)27(22)26(19-7-6-8-21(32)13-19)28-23(31)15-30(4,5)17-25(28)34/h6-13,26,32H,14-17H2,1-5H3. The normalized spacial score (nSPS) is 22.1. The monoisotopic (exact) mass is 455 g/mol. The number of Topliss-reactive ketones (excluding diaryl/α,β-unsaturated/α-hetero) is 2. The minimum Gasteiger partial charge on any atom is -0.508 e. The van der Waals surface area contributed by atoms with Crippen LogP contribution in [0, 0.1) is 17.8 Å². The lowest BCUT2D eigenvalue weighted by molar-refractivity contribution is -0.119. The van der Waals surface area contributed by atoms with Gasteiger partial charge in [0.1, 0.15) is 5.75 Å². The van der Waals surface area contributed by atoms with Crippen molar-refractivity contribution in [3.63, 3.8) is 0 Å². The summed E-state index contributed by atoms with van der Waals surface area (Å²) >= 11 is 0. The van der Waals surface area contributed by atoms with Crippen LogP contribution in [0.2, 0.25) is 0 Å². The number of allylic oxidation sites excluding steroid dienone is 4. The Kier molecular flexibility index (Phi) is 5.12. The third-order valence-corrected chi connectivity index (χ3v) is 7.41. The summed E-state index contributed by atoms with van der Waals surface area (Å²) in [4.78, 5) is 29.8. The van der Waals surface area contributed by atoms with Crippen molar-refractivity contribution in [2.45, 2.75) is 66.2 Å². The second-order valence-electron chi connectivity index (χ2n) is 11.8. The predicted molar refractivity (Wildman–Crippen MR) is 135 cm³/mol. The number of aromatic hydroxyl groups is 1. The molecule has 0 unspecified atom stereocenters. The summed E-state index contributed by atoms with van der Waals surface area (Å²) in [6, 6.07) is 15.4. The van der Waals surface area contributed by atoms with Gasteiger partial charge in [0.2, 0.25) is 0 Å². The minimum absolute atomic E-state index is 0.0980.